The van der Waals surface area contributed by atoms with Crippen molar-refractivity contribution in [3.05, 3.63) is 24.0 Å². The van der Waals surface area contributed by atoms with Gasteiger partial charge in [-0.15, -0.1) is 0 Å². The lowest BCUT2D eigenvalue weighted by molar-refractivity contribution is 0.00578. The lowest BCUT2D eigenvalue weighted by Gasteiger charge is -2.32. The molecule has 2 saturated heterocycles. The first-order valence-corrected chi connectivity index (χ1v) is 12.4. The number of aromatic amines is 1. The van der Waals surface area contributed by atoms with Gasteiger partial charge in [0.05, 0.1) is 28.3 Å². The molecule has 3 aliphatic rings. The van der Waals surface area contributed by atoms with Gasteiger partial charge in [-0.3, -0.25) is 0 Å². The zero-order chi connectivity index (χ0) is 22.8. The molecule has 1 aromatic carbocycles. The fourth-order valence-electron chi connectivity index (χ4n) is 4.87. The Morgan fingerprint density at radius 2 is 1.61 bits per heavy atom. The number of nitrogens with one attached hydrogen (secondary N) is 2. The highest BCUT2D eigenvalue weighted by Gasteiger charge is 2.51. The molecular weight excluding hydrogens is 385 g/mol. The summed E-state index contributed by atoms with van der Waals surface area (Å²) < 4.78 is 12.4. The molecular formula is C25H42BN3O2. The summed E-state index contributed by atoms with van der Waals surface area (Å²) >= 11 is 0. The average Bonchev–Trinajstić information content (AvgIpc) is 3.44. The maximum absolute atomic E-state index is 6.20. The number of imidazole rings is 1. The van der Waals surface area contributed by atoms with Gasteiger partial charge >= 0.3 is 7.12 Å². The minimum absolute atomic E-state index is 0.324. The fraction of sp³-hybridized carbons (Fsp3) is 0.720. The number of benzene rings is 1. The lowest BCUT2D eigenvalue weighted by Crippen LogP contribution is -2.41. The molecule has 1 aliphatic carbocycles. The maximum atomic E-state index is 6.20. The third-order valence-electron chi connectivity index (χ3n) is 7.24. The van der Waals surface area contributed by atoms with Crippen LogP contribution in [0.25, 0.3) is 11.0 Å². The quantitative estimate of drug-likeness (QED) is 0.621. The van der Waals surface area contributed by atoms with E-state index >= 15 is 0 Å². The maximum Gasteiger partial charge on any atom is 0.494 e. The first-order valence-electron chi connectivity index (χ1n) is 12.4. The number of hydrogen-bond acceptors (Lipinski definition) is 4. The van der Waals surface area contributed by atoms with Crippen LogP contribution in [0.3, 0.4) is 0 Å². The number of H-pyrrole nitrogens is 1. The minimum Gasteiger partial charge on any atom is -0.399 e. The highest BCUT2D eigenvalue weighted by atomic mass is 16.7. The largest absolute Gasteiger partial charge is 0.494 e. The summed E-state index contributed by atoms with van der Waals surface area (Å²) in [6.45, 7) is 16.4. The third kappa shape index (κ3) is 4.72. The van der Waals surface area contributed by atoms with Gasteiger partial charge in [0.2, 0.25) is 0 Å². The van der Waals surface area contributed by atoms with Gasteiger partial charge in [0.15, 0.2) is 0 Å². The Bertz CT molecular complexity index is 834. The normalized spacial score (nSPS) is 28.4. The van der Waals surface area contributed by atoms with Crippen LogP contribution in [-0.2, 0) is 9.31 Å². The molecule has 5 nitrogen and oxygen atoms in total. The van der Waals surface area contributed by atoms with Crippen LogP contribution in [-0.4, -0.2) is 34.3 Å². The average molecular weight is 427 g/mol. The van der Waals surface area contributed by atoms with Crippen molar-refractivity contribution in [2.24, 2.45) is 5.92 Å². The van der Waals surface area contributed by atoms with Crippen LogP contribution < -0.4 is 10.8 Å². The molecule has 2 aliphatic heterocycles. The zero-order valence-electron chi connectivity index (χ0n) is 20.8. The standard InChI is InChI=1S/C21H30BN3O2.2C2H6/c1-20(2)21(3,4)27-22(26-20)14-9-10-16-17(12-14)25-19(24-16)18-11-13-7-5-6-8-15(13)23-18;2*1-2/h9-10,12-13,15,18,23H,5-8,11H2,1-4H3,(H,24,25);2*1-2H3. The fourth-order valence-corrected chi connectivity index (χ4v) is 4.87. The molecule has 0 spiro atoms. The van der Waals surface area contributed by atoms with Gasteiger partial charge in [-0.2, -0.15) is 0 Å². The first kappa shape index (κ1) is 24.3. The Morgan fingerprint density at radius 1 is 0.968 bits per heavy atom. The second kappa shape index (κ2) is 9.64. The Kier molecular flexibility index (Phi) is 7.55. The molecule has 31 heavy (non-hydrogen) atoms. The number of hydrogen-bond donors (Lipinski definition) is 2. The second-order valence-corrected chi connectivity index (χ2v) is 9.59. The highest BCUT2D eigenvalue weighted by Crippen LogP contribution is 2.39. The van der Waals surface area contributed by atoms with Crippen molar-refractivity contribution in [1.29, 1.82) is 0 Å². The van der Waals surface area contributed by atoms with Crippen LogP contribution >= 0.6 is 0 Å². The van der Waals surface area contributed by atoms with E-state index in [0.29, 0.717) is 12.1 Å². The van der Waals surface area contributed by atoms with Crippen LogP contribution in [0.15, 0.2) is 18.2 Å². The van der Waals surface area contributed by atoms with E-state index in [1.165, 1.54) is 32.1 Å². The van der Waals surface area contributed by atoms with Gasteiger partial charge in [-0.05, 0) is 70.5 Å². The van der Waals surface area contributed by atoms with Gasteiger partial charge < -0.3 is 19.6 Å². The van der Waals surface area contributed by atoms with Crippen molar-refractivity contribution < 1.29 is 9.31 Å². The molecule has 0 radical (unpaired) electrons. The Labute approximate surface area is 189 Å². The van der Waals surface area contributed by atoms with Crippen LogP contribution in [0, 0.1) is 5.92 Å². The Hall–Kier alpha value is -1.37. The molecule has 172 valence electrons. The number of rotatable bonds is 2. The number of aromatic nitrogens is 2. The topological polar surface area (TPSA) is 59.2 Å². The summed E-state index contributed by atoms with van der Waals surface area (Å²) in [5.74, 6) is 1.89. The summed E-state index contributed by atoms with van der Waals surface area (Å²) in [5, 5.41) is 3.82. The molecule has 5 rings (SSSR count). The molecule has 3 unspecified atom stereocenters. The predicted molar refractivity (Wildman–Crippen MR) is 131 cm³/mol. The molecule has 3 heterocycles. The SMILES string of the molecule is CC.CC.CC1(C)OB(c2ccc3nc(C4CC5CCCCC5N4)[nH]c3c2)OC1(C)C. The summed E-state index contributed by atoms with van der Waals surface area (Å²) in [4.78, 5) is 8.45. The zero-order valence-corrected chi connectivity index (χ0v) is 20.8. The number of fused-ring (bicyclic) bond motifs is 2. The van der Waals surface area contributed by atoms with E-state index in [2.05, 4.69) is 56.2 Å². The van der Waals surface area contributed by atoms with Crippen LogP contribution in [0.5, 0.6) is 0 Å². The van der Waals surface area contributed by atoms with Crippen molar-refractivity contribution >= 4 is 23.6 Å². The van der Waals surface area contributed by atoms with Gasteiger partial charge in [-0.1, -0.05) is 46.6 Å². The van der Waals surface area contributed by atoms with Gasteiger partial charge in [-0.25, -0.2) is 4.98 Å². The Balaban J connectivity index is 0.000000645. The summed E-state index contributed by atoms with van der Waals surface area (Å²) in [6, 6.07) is 7.33. The molecule has 0 amide bonds. The van der Waals surface area contributed by atoms with E-state index in [0.717, 1.165) is 28.2 Å². The molecule has 2 aromatic rings. The molecule has 0 bridgehead atoms. The van der Waals surface area contributed by atoms with Gasteiger partial charge in [0, 0.05) is 6.04 Å². The molecule has 3 atom stereocenters. The van der Waals surface area contributed by atoms with Crippen LogP contribution in [0.1, 0.15) is 99.4 Å². The molecule has 1 saturated carbocycles. The molecule has 3 fully saturated rings. The number of nitrogens with zero attached hydrogens (tertiary/aromatic N) is 1. The lowest BCUT2D eigenvalue weighted by atomic mass is 9.79. The van der Waals surface area contributed by atoms with E-state index in [-0.39, 0.29) is 18.3 Å². The smallest absolute Gasteiger partial charge is 0.399 e. The van der Waals surface area contributed by atoms with Crippen molar-refractivity contribution in [2.75, 3.05) is 0 Å². The highest BCUT2D eigenvalue weighted by molar-refractivity contribution is 6.62. The van der Waals surface area contributed by atoms with Gasteiger partial charge in [0.25, 0.3) is 0 Å². The minimum atomic E-state index is -0.335. The second-order valence-electron chi connectivity index (χ2n) is 9.59. The summed E-state index contributed by atoms with van der Waals surface area (Å²) in [6.07, 6.45) is 6.62. The van der Waals surface area contributed by atoms with E-state index in [1.807, 2.05) is 27.7 Å². The Morgan fingerprint density at radius 3 is 2.26 bits per heavy atom. The summed E-state index contributed by atoms with van der Waals surface area (Å²) in [5.41, 5.74) is 2.48. The van der Waals surface area contributed by atoms with Crippen LogP contribution in [0.2, 0.25) is 0 Å². The van der Waals surface area contributed by atoms with E-state index in [4.69, 9.17) is 14.3 Å². The third-order valence-corrected chi connectivity index (χ3v) is 7.24. The van der Waals surface area contributed by atoms with Crippen molar-refractivity contribution in [1.82, 2.24) is 15.3 Å². The van der Waals surface area contributed by atoms with E-state index in [1.54, 1.807) is 0 Å². The van der Waals surface area contributed by atoms with Crippen molar-refractivity contribution in [3.63, 3.8) is 0 Å². The monoisotopic (exact) mass is 427 g/mol. The predicted octanol–water partition coefficient (Wildman–Crippen LogP) is 5.51. The van der Waals surface area contributed by atoms with Crippen molar-refractivity contribution in [3.8, 4) is 0 Å². The molecule has 2 N–H and O–H groups in total. The van der Waals surface area contributed by atoms with Crippen molar-refractivity contribution in [2.45, 2.75) is 111 Å². The first-order chi connectivity index (χ1) is 14.8. The van der Waals surface area contributed by atoms with E-state index < -0.39 is 0 Å². The summed E-state index contributed by atoms with van der Waals surface area (Å²) in [7, 11) is -0.335. The van der Waals surface area contributed by atoms with Crippen LogP contribution in [0.4, 0.5) is 0 Å². The molecule has 6 heteroatoms. The van der Waals surface area contributed by atoms with Gasteiger partial charge in [0.1, 0.15) is 5.82 Å². The molecule has 1 aromatic heterocycles. The van der Waals surface area contributed by atoms with E-state index in [9.17, 15) is 0 Å².